The van der Waals surface area contributed by atoms with Gasteiger partial charge in [-0.3, -0.25) is 0 Å². The van der Waals surface area contributed by atoms with Crippen molar-refractivity contribution in [3.63, 3.8) is 0 Å². The predicted octanol–water partition coefficient (Wildman–Crippen LogP) is 7.82. The van der Waals surface area contributed by atoms with E-state index in [2.05, 4.69) is 10.2 Å². The SMILES string of the molecule is NC(c1cccc(-c2c(-c3ccccc3)nnc3c(Cl)cccc23)c1)c1cc(F)ccc1C(F)(F)F. The highest BCUT2D eigenvalue weighted by Crippen LogP contribution is 2.40. The Labute approximate surface area is 209 Å². The summed E-state index contributed by atoms with van der Waals surface area (Å²) in [4.78, 5) is 0. The van der Waals surface area contributed by atoms with Crippen LogP contribution < -0.4 is 5.73 Å². The smallest absolute Gasteiger partial charge is 0.320 e. The number of hydrogen-bond acceptors (Lipinski definition) is 3. The molecule has 0 saturated carbocycles. The van der Waals surface area contributed by atoms with E-state index < -0.39 is 23.6 Å². The van der Waals surface area contributed by atoms with Gasteiger partial charge in [0.15, 0.2) is 0 Å². The van der Waals surface area contributed by atoms with Crippen molar-refractivity contribution in [2.45, 2.75) is 12.2 Å². The molecule has 1 heterocycles. The predicted molar refractivity (Wildman–Crippen MR) is 133 cm³/mol. The third-order valence-corrected chi connectivity index (χ3v) is 6.28. The van der Waals surface area contributed by atoms with Gasteiger partial charge in [-0.25, -0.2) is 4.39 Å². The van der Waals surface area contributed by atoms with E-state index in [1.165, 1.54) is 0 Å². The zero-order valence-corrected chi connectivity index (χ0v) is 19.4. The topological polar surface area (TPSA) is 51.8 Å². The van der Waals surface area contributed by atoms with Gasteiger partial charge in [0.2, 0.25) is 0 Å². The molecule has 1 unspecified atom stereocenters. The molecular formula is C28H18ClF4N3. The first-order chi connectivity index (χ1) is 17.2. The number of benzene rings is 4. The second kappa shape index (κ2) is 9.33. The molecule has 0 spiro atoms. The van der Waals surface area contributed by atoms with Crippen molar-refractivity contribution in [1.82, 2.24) is 10.2 Å². The van der Waals surface area contributed by atoms with E-state index in [0.29, 0.717) is 39.0 Å². The maximum Gasteiger partial charge on any atom is 0.416 e. The molecule has 0 bridgehead atoms. The van der Waals surface area contributed by atoms with Crippen molar-refractivity contribution in [2.75, 3.05) is 0 Å². The molecule has 8 heteroatoms. The van der Waals surface area contributed by atoms with Crippen LogP contribution in [0.1, 0.15) is 22.7 Å². The maximum atomic E-state index is 14.0. The van der Waals surface area contributed by atoms with Gasteiger partial charge in [-0.2, -0.15) is 13.2 Å². The first-order valence-electron chi connectivity index (χ1n) is 11.0. The molecule has 0 amide bonds. The Bertz CT molecular complexity index is 1570. The Morgan fingerprint density at radius 2 is 1.50 bits per heavy atom. The van der Waals surface area contributed by atoms with Gasteiger partial charge in [0, 0.05) is 16.5 Å². The molecule has 180 valence electrons. The number of halogens is 5. The van der Waals surface area contributed by atoms with Crippen molar-refractivity contribution in [3.05, 3.63) is 119 Å². The van der Waals surface area contributed by atoms with E-state index in [1.54, 1.807) is 30.3 Å². The number of rotatable bonds is 4. The van der Waals surface area contributed by atoms with Crippen LogP contribution in [0.5, 0.6) is 0 Å². The Morgan fingerprint density at radius 1 is 0.778 bits per heavy atom. The summed E-state index contributed by atoms with van der Waals surface area (Å²) < 4.78 is 54.9. The quantitative estimate of drug-likeness (QED) is 0.252. The van der Waals surface area contributed by atoms with Gasteiger partial charge in [0.25, 0.3) is 0 Å². The molecule has 0 aliphatic carbocycles. The third kappa shape index (κ3) is 4.43. The van der Waals surface area contributed by atoms with Gasteiger partial charge in [-0.05, 0) is 47.0 Å². The Balaban J connectivity index is 1.72. The highest BCUT2D eigenvalue weighted by molar-refractivity contribution is 6.35. The molecule has 0 aliphatic heterocycles. The zero-order chi connectivity index (χ0) is 25.4. The van der Waals surface area contributed by atoms with Gasteiger partial charge in [0.1, 0.15) is 17.0 Å². The molecule has 1 atom stereocenters. The van der Waals surface area contributed by atoms with Crippen LogP contribution in [0.25, 0.3) is 33.3 Å². The average molecular weight is 508 g/mol. The molecule has 0 radical (unpaired) electrons. The minimum absolute atomic E-state index is 0.344. The first-order valence-corrected chi connectivity index (χ1v) is 11.3. The number of fused-ring (bicyclic) bond motifs is 1. The highest BCUT2D eigenvalue weighted by Gasteiger charge is 2.35. The van der Waals surface area contributed by atoms with Crippen LogP contribution in [0.3, 0.4) is 0 Å². The van der Waals surface area contributed by atoms with Crippen LogP contribution in [0, 0.1) is 5.82 Å². The van der Waals surface area contributed by atoms with Gasteiger partial charge in [-0.1, -0.05) is 72.3 Å². The lowest BCUT2D eigenvalue weighted by molar-refractivity contribution is -0.138. The largest absolute Gasteiger partial charge is 0.416 e. The van der Waals surface area contributed by atoms with Gasteiger partial charge >= 0.3 is 6.18 Å². The van der Waals surface area contributed by atoms with E-state index >= 15 is 0 Å². The molecule has 1 aromatic heterocycles. The number of aromatic nitrogens is 2. The summed E-state index contributed by atoms with van der Waals surface area (Å²) in [6.45, 7) is 0. The van der Waals surface area contributed by atoms with Crippen molar-refractivity contribution < 1.29 is 17.6 Å². The normalized spacial score (nSPS) is 12.6. The molecule has 0 fully saturated rings. The van der Waals surface area contributed by atoms with Crippen LogP contribution in [0.2, 0.25) is 5.02 Å². The molecule has 36 heavy (non-hydrogen) atoms. The van der Waals surface area contributed by atoms with Crippen molar-refractivity contribution in [2.24, 2.45) is 5.73 Å². The van der Waals surface area contributed by atoms with E-state index in [1.807, 2.05) is 42.5 Å². The zero-order valence-electron chi connectivity index (χ0n) is 18.6. The van der Waals surface area contributed by atoms with Crippen LogP contribution in [0.15, 0.2) is 91.0 Å². The second-order valence-electron chi connectivity index (χ2n) is 8.26. The molecular weight excluding hydrogens is 490 g/mol. The van der Waals surface area contributed by atoms with E-state index in [4.69, 9.17) is 17.3 Å². The summed E-state index contributed by atoms with van der Waals surface area (Å²) in [7, 11) is 0. The van der Waals surface area contributed by atoms with E-state index in [9.17, 15) is 17.6 Å². The molecule has 5 aromatic rings. The lowest BCUT2D eigenvalue weighted by Crippen LogP contribution is -2.19. The second-order valence-corrected chi connectivity index (χ2v) is 8.67. The van der Waals surface area contributed by atoms with Gasteiger partial charge in [0.05, 0.1) is 16.6 Å². The van der Waals surface area contributed by atoms with Crippen LogP contribution in [-0.2, 0) is 6.18 Å². The summed E-state index contributed by atoms with van der Waals surface area (Å²) >= 11 is 6.39. The number of nitrogens with two attached hydrogens (primary N) is 1. The molecule has 3 nitrogen and oxygen atoms in total. The minimum Gasteiger partial charge on any atom is -0.320 e. The number of hydrogen-bond donors (Lipinski definition) is 1. The fraction of sp³-hybridized carbons (Fsp3) is 0.0714. The molecule has 2 N–H and O–H groups in total. The summed E-state index contributed by atoms with van der Waals surface area (Å²) in [5.41, 5.74) is 8.61. The number of alkyl halides is 3. The summed E-state index contributed by atoms with van der Waals surface area (Å²) in [5, 5.41) is 9.91. The molecule has 0 aliphatic rings. The fourth-order valence-electron chi connectivity index (χ4n) is 4.30. The van der Waals surface area contributed by atoms with E-state index in [0.717, 1.165) is 23.1 Å². The standard InChI is InChI=1S/C28H18ClF4N3/c29-23-11-5-10-20-24(26(35-36-27(20)23)16-6-2-1-3-7-16)17-8-4-9-18(14-17)25(34)21-15-19(30)12-13-22(21)28(31,32)33/h1-15,25H,34H2. The highest BCUT2D eigenvalue weighted by atomic mass is 35.5. The monoisotopic (exact) mass is 507 g/mol. The van der Waals surface area contributed by atoms with Crippen molar-refractivity contribution in [3.8, 4) is 22.4 Å². The van der Waals surface area contributed by atoms with Crippen LogP contribution >= 0.6 is 11.6 Å². The summed E-state index contributed by atoms with van der Waals surface area (Å²) in [5.74, 6) is -0.796. The van der Waals surface area contributed by atoms with Gasteiger partial charge < -0.3 is 5.73 Å². The Kier molecular flexibility index (Phi) is 6.20. The molecule has 4 aromatic carbocycles. The van der Waals surface area contributed by atoms with Crippen molar-refractivity contribution in [1.29, 1.82) is 0 Å². The average Bonchev–Trinajstić information content (AvgIpc) is 2.87. The third-order valence-electron chi connectivity index (χ3n) is 5.98. The number of nitrogens with zero attached hydrogens (tertiary/aromatic N) is 2. The lowest BCUT2D eigenvalue weighted by atomic mass is 9.90. The van der Waals surface area contributed by atoms with Crippen molar-refractivity contribution >= 4 is 22.5 Å². The molecule has 0 saturated heterocycles. The summed E-state index contributed by atoms with van der Waals surface area (Å²) in [6, 6.07) is 22.7. The van der Waals surface area contributed by atoms with E-state index in [-0.39, 0.29) is 5.56 Å². The van der Waals surface area contributed by atoms with Crippen LogP contribution in [-0.4, -0.2) is 10.2 Å². The maximum absolute atomic E-state index is 14.0. The minimum atomic E-state index is -4.68. The lowest BCUT2D eigenvalue weighted by Gasteiger charge is -2.20. The fourth-order valence-corrected chi connectivity index (χ4v) is 4.52. The van der Waals surface area contributed by atoms with Gasteiger partial charge in [-0.15, -0.1) is 10.2 Å². The summed E-state index contributed by atoms with van der Waals surface area (Å²) in [6.07, 6.45) is -4.68. The molecule has 5 rings (SSSR count). The first kappa shape index (κ1) is 23.9. The van der Waals surface area contributed by atoms with Crippen LogP contribution in [0.4, 0.5) is 17.6 Å². The Morgan fingerprint density at radius 3 is 2.25 bits per heavy atom. The Hall–Kier alpha value is -3.81.